The zero-order valence-corrected chi connectivity index (χ0v) is 18.6. The van der Waals surface area contributed by atoms with Crippen molar-refractivity contribution in [2.45, 2.75) is 38.3 Å². The Morgan fingerprint density at radius 1 is 1.21 bits per heavy atom. The molecule has 2 bridgehead atoms. The van der Waals surface area contributed by atoms with Gasteiger partial charge in [0.2, 0.25) is 11.8 Å². The molecule has 3 amide bonds. The average Bonchev–Trinajstić information content (AvgIpc) is 2.71. The van der Waals surface area contributed by atoms with Crippen LogP contribution in [-0.2, 0) is 20.9 Å². The summed E-state index contributed by atoms with van der Waals surface area (Å²) in [5, 5.41) is 0.0466. The molecular formula is C23H20ClF3N4O3. The number of anilines is 1. The van der Waals surface area contributed by atoms with E-state index in [2.05, 4.69) is 4.98 Å². The fourth-order valence-electron chi connectivity index (χ4n) is 5.67. The number of carbonyl (C=O) groups excluding carboxylic acids is 3. The Hall–Kier alpha value is -3.14. The molecule has 1 atom stereocenters. The van der Waals surface area contributed by atoms with E-state index in [1.165, 1.54) is 35.4 Å². The minimum absolute atomic E-state index is 0.00838. The predicted octanol–water partition coefficient (Wildman–Crippen LogP) is 3.21. The maximum atomic E-state index is 14.6. The smallest absolute Gasteiger partial charge is 0.263 e. The van der Waals surface area contributed by atoms with Crippen LogP contribution in [0.4, 0.5) is 19.0 Å². The summed E-state index contributed by atoms with van der Waals surface area (Å²) in [5.41, 5.74) is 4.59. The first-order valence-corrected chi connectivity index (χ1v) is 11.0. The second-order valence-electron chi connectivity index (χ2n) is 9.39. The number of amides is 3. The molecule has 1 saturated heterocycles. The van der Waals surface area contributed by atoms with E-state index < -0.39 is 53.4 Å². The van der Waals surface area contributed by atoms with Gasteiger partial charge in [0.1, 0.15) is 12.6 Å². The lowest BCUT2D eigenvalue weighted by Gasteiger charge is -2.72. The van der Waals surface area contributed by atoms with E-state index in [1.807, 2.05) is 0 Å². The first-order valence-electron chi connectivity index (χ1n) is 10.6. The Balaban J connectivity index is 1.48. The maximum Gasteiger partial charge on any atom is 0.263 e. The van der Waals surface area contributed by atoms with Crippen molar-refractivity contribution in [3.8, 4) is 0 Å². The molecule has 1 aromatic heterocycles. The highest BCUT2D eigenvalue weighted by Gasteiger charge is 2.76. The normalized spacial score (nSPS) is 28.1. The summed E-state index contributed by atoms with van der Waals surface area (Å²) in [4.78, 5) is 45.1. The number of hydrogen-bond donors (Lipinski definition) is 1. The van der Waals surface area contributed by atoms with Crippen LogP contribution in [0, 0.1) is 16.6 Å². The van der Waals surface area contributed by atoms with Gasteiger partial charge in [-0.05, 0) is 30.9 Å². The molecule has 4 aliphatic rings. The zero-order chi connectivity index (χ0) is 24.4. The summed E-state index contributed by atoms with van der Waals surface area (Å²) in [5.74, 6) is -2.55. The molecule has 0 radical (unpaired) electrons. The summed E-state index contributed by atoms with van der Waals surface area (Å²) in [7, 11) is 0. The molecule has 178 valence electrons. The molecule has 3 saturated carbocycles. The number of primary amides is 1. The summed E-state index contributed by atoms with van der Waals surface area (Å²) in [6.07, 6.45) is -0.383. The average molecular weight is 493 g/mol. The fourth-order valence-corrected chi connectivity index (χ4v) is 5.81. The van der Waals surface area contributed by atoms with Crippen LogP contribution in [0.25, 0.3) is 0 Å². The number of pyridine rings is 1. The van der Waals surface area contributed by atoms with Crippen LogP contribution in [0.15, 0.2) is 36.5 Å². The summed E-state index contributed by atoms with van der Waals surface area (Å²) in [6, 6.07) is 5.55. The fraction of sp³-hybridized carbons (Fsp3) is 0.391. The number of halogens is 4. The monoisotopic (exact) mass is 492 g/mol. The minimum Gasteiger partial charge on any atom is -0.369 e. The topological polar surface area (TPSA) is 96.6 Å². The van der Waals surface area contributed by atoms with Crippen LogP contribution < -0.4 is 10.6 Å². The number of nitrogens with two attached hydrogens (primary N) is 1. The van der Waals surface area contributed by atoms with Gasteiger partial charge in [-0.2, -0.15) is 0 Å². The zero-order valence-electron chi connectivity index (χ0n) is 17.8. The number of benzene rings is 1. The van der Waals surface area contributed by atoms with E-state index in [1.54, 1.807) is 0 Å². The molecule has 0 unspecified atom stereocenters. The largest absolute Gasteiger partial charge is 0.369 e. The number of aromatic nitrogens is 1. The van der Waals surface area contributed by atoms with E-state index >= 15 is 0 Å². The number of alkyl halides is 2. The highest BCUT2D eigenvalue weighted by atomic mass is 35.5. The quantitative estimate of drug-likeness (QED) is 0.669. The van der Waals surface area contributed by atoms with E-state index in [-0.39, 0.29) is 22.9 Å². The second kappa shape index (κ2) is 7.69. The molecule has 3 aliphatic carbocycles. The van der Waals surface area contributed by atoms with Crippen molar-refractivity contribution in [2.75, 3.05) is 11.4 Å². The third-order valence-corrected chi connectivity index (χ3v) is 7.43. The Morgan fingerprint density at radius 2 is 1.85 bits per heavy atom. The van der Waals surface area contributed by atoms with Crippen LogP contribution >= 0.6 is 11.6 Å². The van der Waals surface area contributed by atoms with Gasteiger partial charge in [-0.3, -0.25) is 19.3 Å². The van der Waals surface area contributed by atoms with Gasteiger partial charge in [0.05, 0.1) is 10.4 Å². The molecule has 7 nitrogen and oxygen atoms in total. The van der Waals surface area contributed by atoms with Crippen molar-refractivity contribution >= 4 is 35.1 Å². The summed E-state index contributed by atoms with van der Waals surface area (Å²) in [6.45, 7) is -0.429. The van der Waals surface area contributed by atoms with Crippen molar-refractivity contribution in [1.29, 1.82) is 0 Å². The predicted molar refractivity (Wildman–Crippen MR) is 115 cm³/mol. The highest BCUT2D eigenvalue weighted by Crippen LogP contribution is 2.75. The molecule has 2 N–H and O–H groups in total. The van der Waals surface area contributed by atoms with Crippen molar-refractivity contribution in [2.24, 2.45) is 16.6 Å². The Labute approximate surface area is 197 Å². The van der Waals surface area contributed by atoms with E-state index in [9.17, 15) is 27.6 Å². The number of piperazine rings is 1. The summed E-state index contributed by atoms with van der Waals surface area (Å²) < 4.78 is 40.4. The molecule has 6 rings (SSSR count). The van der Waals surface area contributed by atoms with Gasteiger partial charge in [-0.1, -0.05) is 35.9 Å². The van der Waals surface area contributed by atoms with Crippen LogP contribution in [0.5, 0.6) is 0 Å². The Kier molecular flexibility index (Phi) is 5.12. The maximum absolute atomic E-state index is 14.6. The highest BCUT2D eigenvalue weighted by molar-refractivity contribution is 6.30. The number of carbonyl (C=O) groups is 3. The van der Waals surface area contributed by atoms with Gasteiger partial charge in [0.15, 0.2) is 11.6 Å². The van der Waals surface area contributed by atoms with Crippen LogP contribution in [0.1, 0.15) is 36.8 Å². The van der Waals surface area contributed by atoms with E-state index in [0.717, 1.165) is 11.0 Å². The van der Waals surface area contributed by atoms with Crippen molar-refractivity contribution in [3.05, 3.63) is 58.5 Å². The molecule has 1 aromatic carbocycles. The SMILES string of the molecule is NC(=O)C12CC([C@H]3C(=O)N(c4ncc(Cl)cc4F)CC(=O)N3Cc3ccc(C(F)F)cc3)(C1)C2. The number of hydrogen-bond acceptors (Lipinski definition) is 4. The lowest BCUT2D eigenvalue weighted by molar-refractivity contribution is -0.231. The van der Waals surface area contributed by atoms with Gasteiger partial charge in [0.25, 0.3) is 12.3 Å². The first-order chi connectivity index (χ1) is 16.0. The first kappa shape index (κ1) is 22.6. The molecule has 2 heterocycles. The Morgan fingerprint density at radius 3 is 2.41 bits per heavy atom. The van der Waals surface area contributed by atoms with Gasteiger partial charge in [0, 0.05) is 23.7 Å². The molecule has 2 aromatic rings. The van der Waals surface area contributed by atoms with Crippen LogP contribution in [0.3, 0.4) is 0 Å². The third-order valence-electron chi connectivity index (χ3n) is 7.23. The van der Waals surface area contributed by atoms with E-state index in [4.69, 9.17) is 17.3 Å². The van der Waals surface area contributed by atoms with Crippen LogP contribution in [-0.4, -0.2) is 40.2 Å². The van der Waals surface area contributed by atoms with Crippen molar-refractivity contribution in [3.63, 3.8) is 0 Å². The molecular weight excluding hydrogens is 473 g/mol. The number of nitrogens with zero attached hydrogens (tertiary/aromatic N) is 3. The van der Waals surface area contributed by atoms with E-state index in [0.29, 0.717) is 24.8 Å². The Bertz CT molecular complexity index is 1190. The molecule has 4 fully saturated rings. The third kappa shape index (κ3) is 3.34. The number of rotatable bonds is 6. The molecule has 34 heavy (non-hydrogen) atoms. The van der Waals surface area contributed by atoms with Gasteiger partial charge in [-0.25, -0.2) is 18.2 Å². The van der Waals surface area contributed by atoms with Gasteiger partial charge >= 0.3 is 0 Å². The van der Waals surface area contributed by atoms with Gasteiger partial charge in [-0.15, -0.1) is 0 Å². The molecule has 11 heteroatoms. The van der Waals surface area contributed by atoms with Crippen molar-refractivity contribution < 1.29 is 27.6 Å². The molecule has 0 spiro atoms. The van der Waals surface area contributed by atoms with Crippen LogP contribution in [0.2, 0.25) is 5.02 Å². The standard InChI is InChI=1S/C23H20ClF3N4O3/c24-14-5-15(25)19(29-6-14)31-8-16(32)30(7-12-1-3-13(4-2-12)18(26)27)17(20(31)33)22-9-23(10-22,11-22)21(28)34/h1-6,17-18H,7-11H2,(H2,28,34)/t17-,22?,23?/m1/s1. The molecule has 1 aliphatic heterocycles. The van der Waals surface area contributed by atoms with Gasteiger partial charge < -0.3 is 10.6 Å². The summed E-state index contributed by atoms with van der Waals surface area (Å²) >= 11 is 5.78. The van der Waals surface area contributed by atoms with Crippen molar-refractivity contribution in [1.82, 2.24) is 9.88 Å². The lowest BCUT2D eigenvalue weighted by atomic mass is 9.32. The second-order valence-corrected chi connectivity index (χ2v) is 9.82. The lowest BCUT2D eigenvalue weighted by Crippen LogP contribution is -2.78. The minimum atomic E-state index is -2.62.